The molecule has 0 aliphatic carbocycles. The van der Waals surface area contributed by atoms with Gasteiger partial charge in [-0.15, -0.1) is 11.8 Å². The first-order valence-electron chi connectivity index (χ1n) is 7.63. The molecule has 1 fully saturated rings. The van der Waals surface area contributed by atoms with Gasteiger partial charge in [0, 0.05) is 10.9 Å². The minimum Gasteiger partial charge on any atom is -0.352 e. The number of para-hydroxylation sites is 1. The molecule has 1 aromatic carbocycles. The van der Waals surface area contributed by atoms with Crippen LogP contribution in [0.25, 0.3) is 0 Å². The van der Waals surface area contributed by atoms with Gasteiger partial charge >= 0.3 is 0 Å². The molecule has 1 aromatic rings. The predicted octanol–water partition coefficient (Wildman–Crippen LogP) is 1.34. The van der Waals surface area contributed by atoms with E-state index in [2.05, 4.69) is 17.3 Å². The van der Waals surface area contributed by atoms with Crippen molar-refractivity contribution >= 4 is 29.3 Å². The largest absolute Gasteiger partial charge is 0.352 e. The maximum absolute atomic E-state index is 12.3. The molecule has 1 N–H and O–H groups in total. The van der Waals surface area contributed by atoms with Gasteiger partial charge in [-0.05, 0) is 45.1 Å². The lowest BCUT2D eigenvalue weighted by Crippen LogP contribution is -2.48. The van der Waals surface area contributed by atoms with Crippen LogP contribution in [0.5, 0.6) is 0 Å². The summed E-state index contributed by atoms with van der Waals surface area (Å²) in [5, 5.41) is 3.07. The highest BCUT2D eigenvalue weighted by molar-refractivity contribution is 8.00. The van der Waals surface area contributed by atoms with Crippen LogP contribution in [0.2, 0.25) is 0 Å². The summed E-state index contributed by atoms with van der Waals surface area (Å²) in [5.41, 5.74) is 0.849. The van der Waals surface area contributed by atoms with Crippen LogP contribution in [0.4, 0.5) is 5.69 Å². The maximum Gasteiger partial charge on any atom is 0.240 e. The number of carbonyl (C=O) groups is 2. The van der Waals surface area contributed by atoms with E-state index in [9.17, 15) is 9.59 Å². The summed E-state index contributed by atoms with van der Waals surface area (Å²) >= 11 is 1.54. The minimum absolute atomic E-state index is 0.00206. The van der Waals surface area contributed by atoms with E-state index in [0.717, 1.165) is 36.5 Å². The molecular weight excluding hydrogens is 298 g/mol. The molecule has 5 nitrogen and oxygen atoms in total. The zero-order chi connectivity index (χ0) is 15.5. The van der Waals surface area contributed by atoms with Gasteiger partial charge in [0.2, 0.25) is 11.8 Å². The number of thioether (sulfide) groups is 1. The van der Waals surface area contributed by atoms with Gasteiger partial charge in [0.05, 0.1) is 11.4 Å². The molecule has 0 unspecified atom stereocenters. The van der Waals surface area contributed by atoms with E-state index in [0.29, 0.717) is 5.75 Å². The predicted molar refractivity (Wildman–Crippen MR) is 88.2 cm³/mol. The molecular formula is C16H21N3O2S. The van der Waals surface area contributed by atoms with Crippen molar-refractivity contribution < 1.29 is 9.59 Å². The molecule has 0 atom stereocenters. The molecule has 2 aliphatic heterocycles. The number of hydrogen-bond acceptors (Lipinski definition) is 4. The molecule has 2 heterocycles. The Kier molecular flexibility index (Phi) is 4.69. The monoisotopic (exact) mass is 319 g/mol. The van der Waals surface area contributed by atoms with E-state index in [1.807, 2.05) is 24.3 Å². The molecule has 2 amide bonds. The van der Waals surface area contributed by atoms with Crippen molar-refractivity contribution in [1.29, 1.82) is 0 Å². The van der Waals surface area contributed by atoms with Crippen molar-refractivity contribution in [2.24, 2.45) is 0 Å². The van der Waals surface area contributed by atoms with E-state index in [-0.39, 0.29) is 24.4 Å². The number of rotatable bonds is 3. The third kappa shape index (κ3) is 3.44. The fraction of sp³-hybridized carbons (Fsp3) is 0.500. The van der Waals surface area contributed by atoms with Crippen LogP contribution in [0, 0.1) is 0 Å². The molecule has 0 saturated carbocycles. The molecule has 2 aliphatic rings. The van der Waals surface area contributed by atoms with Crippen molar-refractivity contribution in [3.63, 3.8) is 0 Å². The number of hydrogen-bond donors (Lipinski definition) is 1. The summed E-state index contributed by atoms with van der Waals surface area (Å²) < 4.78 is 0. The lowest BCUT2D eigenvalue weighted by atomic mass is 10.1. The van der Waals surface area contributed by atoms with Gasteiger partial charge in [0.25, 0.3) is 0 Å². The number of piperidine rings is 1. The molecule has 22 heavy (non-hydrogen) atoms. The first-order valence-corrected chi connectivity index (χ1v) is 8.62. The number of amides is 2. The van der Waals surface area contributed by atoms with Crippen LogP contribution < -0.4 is 10.2 Å². The molecule has 118 valence electrons. The van der Waals surface area contributed by atoms with E-state index >= 15 is 0 Å². The van der Waals surface area contributed by atoms with Crippen molar-refractivity contribution in [2.75, 3.05) is 37.3 Å². The summed E-state index contributed by atoms with van der Waals surface area (Å²) in [7, 11) is 2.10. The molecule has 3 rings (SSSR count). The Morgan fingerprint density at radius 3 is 2.82 bits per heavy atom. The molecule has 0 bridgehead atoms. The average Bonchev–Trinajstić information content (AvgIpc) is 2.52. The first kappa shape index (κ1) is 15.4. The summed E-state index contributed by atoms with van der Waals surface area (Å²) in [6.07, 6.45) is 1.95. The number of likely N-dealkylation sites (tertiary alicyclic amines) is 1. The van der Waals surface area contributed by atoms with Crippen molar-refractivity contribution in [3.8, 4) is 0 Å². The lowest BCUT2D eigenvalue weighted by molar-refractivity contribution is -0.123. The van der Waals surface area contributed by atoms with Crippen LogP contribution in [-0.4, -0.2) is 55.2 Å². The minimum atomic E-state index is -0.0652. The summed E-state index contributed by atoms with van der Waals surface area (Å²) in [5.74, 6) is 0.338. The summed E-state index contributed by atoms with van der Waals surface area (Å²) in [6.45, 7) is 2.13. The zero-order valence-electron chi connectivity index (χ0n) is 12.7. The first-order chi connectivity index (χ1) is 10.6. The third-order valence-corrected chi connectivity index (χ3v) is 5.24. The summed E-state index contributed by atoms with van der Waals surface area (Å²) in [6, 6.07) is 7.99. The zero-order valence-corrected chi connectivity index (χ0v) is 13.6. The van der Waals surface area contributed by atoms with Crippen LogP contribution in [0.3, 0.4) is 0 Å². The van der Waals surface area contributed by atoms with Crippen molar-refractivity contribution in [1.82, 2.24) is 10.2 Å². The van der Waals surface area contributed by atoms with E-state index in [1.165, 1.54) is 11.8 Å². The molecule has 1 saturated heterocycles. The van der Waals surface area contributed by atoms with Gasteiger partial charge in [-0.1, -0.05) is 12.1 Å². The number of anilines is 1. The third-order valence-electron chi connectivity index (χ3n) is 4.19. The van der Waals surface area contributed by atoms with Crippen LogP contribution in [0.1, 0.15) is 12.8 Å². The molecule has 0 radical (unpaired) electrons. The second kappa shape index (κ2) is 6.71. The Bertz CT molecular complexity index is 570. The van der Waals surface area contributed by atoms with Gasteiger partial charge in [-0.3, -0.25) is 9.59 Å². The Morgan fingerprint density at radius 2 is 2.05 bits per heavy atom. The number of carbonyl (C=O) groups excluding carboxylic acids is 2. The van der Waals surface area contributed by atoms with Crippen LogP contribution >= 0.6 is 11.8 Å². The highest BCUT2D eigenvalue weighted by atomic mass is 32.2. The van der Waals surface area contributed by atoms with Gasteiger partial charge in [0.1, 0.15) is 6.54 Å². The number of nitrogens with one attached hydrogen (secondary N) is 1. The number of benzene rings is 1. The highest BCUT2D eigenvalue weighted by Gasteiger charge is 2.27. The smallest absolute Gasteiger partial charge is 0.240 e. The van der Waals surface area contributed by atoms with E-state index < -0.39 is 0 Å². The Balaban J connectivity index is 1.62. The Hall–Kier alpha value is -1.53. The summed E-state index contributed by atoms with van der Waals surface area (Å²) in [4.78, 5) is 29.4. The van der Waals surface area contributed by atoms with Gasteiger partial charge in [-0.25, -0.2) is 0 Å². The quantitative estimate of drug-likeness (QED) is 0.913. The standard InChI is InChI=1S/C16H21N3O2S/c1-18-8-6-12(7-9-18)17-15(20)10-19-13-4-2-3-5-14(13)22-11-16(19)21/h2-5,12H,6-11H2,1H3,(H,17,20). The Labute approximate surface area is 135 Å². The average molecular weight is 319 g/mol. The molecule has 0 spiro atoms. The van der Waals surface area contributed by atoms with Gasteiger partial charge in [-0.2, -0.15) is 0 Å². The van der Waals surface area contributed by atoms with E-state index in [4.69, 9.17) is 0 Å². The number of nitrogens with zero attached hydrogens (tertiary/aromatic N) is 2. The topological polar surface area (TPSA) is 52.7 Å². The molecule has 0 aromatic heterocycles. The Morgan fingerprint density at radius 1 is 1.32 bits per heavy atom. The fourth-order valence-electron chi connectivity index (χ4n) is 2.90. The normalized spacial score (nSPS) is 19.9. The van der Waals surface area contributed by atoms with Gasteiger partial charge in [0.15, 0.2) is 0 Å². The van der Waals surface area contributed by atoms with Crippen LogP contribution in [0.15, 0.2) is 29.2 Å². The van der Waals surface area contributed by atoms with E-state index in [1.54, 1.807) is 4.90 Å². The number of fused-ring (bicyclic) bond motifs is 1. The fourth-order valence-corrected chi connectivity index (χ4v) is 3.83. The second-order valence-electron chi connectivity index (χ2n) is 5.88. The SMILES string of the molecule is CN1CCC(NC(=O)CN2C(=O)CSc3ccccc32)CC1. The van der Waals surface area contributed by atoms with Crippen LogP contribution in [-0.2, 0) is 9.59 Å². The van der Waals surface area contributed by atoms with Gasteiger partial charge < -0.3 is 15.1 Å². The van der Waals surface area contributed by atoms with Crippen molar-refractivity contribution in [3.05, 3.63) is 24.3 Å². The van der Waals surface area contributed by atoms with Crippen molar-refractivity contribution in [2.45, 2.75) is 23.8 Å². The lowest BCUT2D eigenvalue weighted by Gasteiger charge is -2.31. The maximum atomic E-state index is 12.3. The molecule has 6 heteroatoms. The highest BCUT2D eigenvalue weighted by Crippen LogP contribution is 2.34. The second-order valence-corrected chi connectivity index (χ2v) is 6.90.